The van der Waals surface area contributed by atoms with E-state index < -0.39 is 0 Å². The van der Waals surface area contributed by atoms with Gasteiger partial charge in [0.25, 0.3) is 0 Å². The topological polar surface area (TPSA) is 22.1 Å². The predicted octanol–water partition coefficient (Wildman–Crippen LogP) is 3.86. The first-order valence-corrected chi connectivity index (χ1v) is 9.24. The maximum atomic E-state index is 14.4. The minimum atomic E-state index is -0.232. The van der Waals surface area contributed by atoms with Gasteiger partial charge in [-0.3, -0.25) is 4.90 Å². The molecule has 4 nitrogen and oxygen atoms in total. The van der Waals surface area contributed by atoms with Crippen LogP contribution in [0.2, 0.25) is 0 Å². The molecule has 1 fully saturated rings. The molecule has 0 bridgehead atoms. The van der Waals surface area contributed by atoms with E-state index in [1.807, 2.05) is 24.0 Å². The van der Waals surface area contributed by atoms with Gasteiger partial charge in [0.15, 0.2) is 5.84 Å². The maximum absolute atomic E-state index is 14.4. The second kappa shape index (κ2) is 7.95. The molecule has 0 N–H and O–H groups in total. The molecule has 2 aliphatic heterocycles. The fraction of sp³-hybridized carbons (Fsp3) is 0.364. The molecule has 0 aromatic heterocycles. The standard InChI is InChI=1S/C22H27FN4/c1-6-27-21-15-19(23)17(4)14-18(21)8-7-9-20(22(27)24-16(2)3)26-12-10-25(5)11-13-26/h6-7,14-15H,1-2,8,10-13H2,3-5H3. The zero-order valence-corrected chi connectivity index (χ0v) is 16.4. The third-order valence-corrected chi connectivity index (χ3v) is 4.92. The second-order valence-electron chi connectivity index (χ2n) is 7.14. The third kappa shape index (κ3) is 4.05. The van der Waals surface area contributed by atoms with E-state index in [9.17, 15) is 4.39 Å². The summed E-state index contributed by atoms with van der Waals surface area (Å²) >= 11 is 0. The quantitative estimate of drug-likeness (QED) is 0.759. The molecule has 0 saturated carbocycles. The molecule has 3 rings (SSSR count). The van der Waals surface area contributed by atoms with Crippen LogP contribution in [0.3, 0.4) is 0 Å². The van der Waals surface area contributed by atoms with Gasteiger partial charge in [0, 0.05) is 44.5 Å². The third-order valence-electron chi connectivity index (χ3n) is 4.92. The highest BCUT2D eigenvalue weighted by molar-refractivity contribution is 6.11. The average molecular weight is 366 g/mol. The molecule has 0 unspecified atom stereocenters. The zero-order valence-electron chi connectivity index (χ0n) is 16.4. The van der Waals surface area contributed by atoms with E-state index in [1.54, 1.807) is 19.2 Å². The number of fused-ring (bicyclic) bond motifs is 1. The summed E-state index contributed by atoms with van der Waals surface area (Å²) in [7, 11) is 2.12. The molecule has 142 valence electrons. The summed E-state index contributed by atoms with van der Waals surface area (Å²) in [4.78, 5) is 11.1. The lowest BCUT2D eigenvalue weighted by molar-refractivity contribution is 0.192. The fourth-order valence-corrected chi connectivity index (χ4v) is 3.40. The average Bonchev–Trinajstić information content (AvgIpc) is 2.61. The van der Waals surface area contributed by atoms with Crippen LogP contribution in [0.5, 0.6) is 0 Å². The van der Waals surface area contributed by atoms with Crippen LogP contribution in [-0.2, 0) is 6.42 Å². The highest BCUT2D eigenvalue weighted by Crippen LogP contribution is 2.29. The Morgan fingerprint density at radius 2 is 1.96 bits per heavy atom. The van der Waals surface area contributed by atoms with Gasteiger partial charge in [-0.1, -0.05) is 25.0 Å². The number of aryl methyl sites for hydroxylation is 1. The van der Waals surface area contributed by atoms with E-state index in [2.05, 4.69) is 35.7 Å². The summed E-state index contributed by atoms with van der Waals surface area (Å²) in [5, 5.41) is 0. The largest absolute Gasteiger partial charge is 0.360 e. The number of allylic oxidation sites excluding steroid dienone is 1. The molecule has 1 saturated heterocycles. The number of amidine groups is 1. The number of nitrogens with zero attached hydrogens (tertiary/aromatic N) is 4. The highest BCUT2D eigenvalue weighted by Gasteiger charge is 2.26. The molecule has 2 aliphatic rings. The van der Waals surface area contributed by atoms with Crippen molar-refractivity contribution in [2.24, 2.45) is 4.99 Å². The van der Waals surface area contributed by atoms with E-state index in [1.165, 1.54) is 0 Å². The van der Waals surface area contributed by atoms with E-state index >= 15 is 0 Å². The summed E-state index contributed by atoms with van der Waals surface area (Å²) in [6.45, 7) is 15.3. The Hall–Kier alpha value is -2.62. The molecule has 0 amide bonds. The lowest BCUT2D eigenvalue weighted by Crippen LogP contribution is -2.47. The number of piperazine rings is 1. The molecular formula is C22H27FN4. The normalized spacial score (nSPS) is 19.4. The molecule has 1 aromatic carbocycles. The van der Waals surface area contributed by atoms with Crippen LogP contribution in [0.4, 0.5) is 10.1 Å². The van der Waals surface area contributed by atoms with Crippen LogP contribution in [0, 0.1) is 12.7 Å². The van der Waals surface area contributed by atoms with Crippen LogP contribution in [0.1, 0.15) is 18.1 Å². The number of likely N-dealkylation sites (N-methyl/N-ethyl adjacent to an activating group) is 1. The summed E-state index contributed by atoms with van der Waals surface area (Å²) in [6.07, 6.45) is 4.38. The zero-order chi connectivity index (χ0) is 19.6. The predicted molar refractivity (Wildman–Crippen MR) is 110 cm³/mol. The van der Waals surface area contributed by atoms with Crippen LogP contribution in [0.15, 0.2) is 59.7 Å². The van der Waals surface area contributed by atoms with Gasteiger partial charge in [0.2, 0.25) is 0 Å². The van der Waals surface area contributed by atoms with Gasteiger partial charge in [-0.05, 0) is 44.2 Å². The van der Waals surface area contributed by atoms with Crippen molar-refractivity contribution in [2.75, 3.05) is 38.1 Å². The van der Waals surface area contributed by atoms with Crippen molar-refractivity contribution in [1.82, 2.24) is 9.80 Å². The molecule has 5 heteroatoms. The fourth-order valence-electron chi connectivity index (χ4n) is 3.40. The monoisotopic (exact) mass is 366 g/mol. The van der Waals surface area contributed by atoms with Gasteiger partial charge in [-0.15, -0.1) is 0 Å². The Bertz CT molecular complexity index is 853. The molecule has 2 heterocycles. The number of anilines is 1. The lowest BCUT2D eigenvalue weighted by Gasteiger charge is -2.37. The Morgan fingerprint density at radius 3 is 2.59 bits per heavy atom. The van der Waals surface area contributed by atoms with Crippen LogP contribution >= 0.6 is 0 Å². The Kier molecular flexibility index (Phi) is 5.64. The number of hydrogen-bond donors (Lipinski definition) is 0. The van der Waals surface area contributed by atoms with E-state index in [-0.39, 0.29) is 5.82 Å². The lowest BCUT2D eigenvalue weighted by atomic mass is 10.0. The van der Waals surface area contributed by atoms with Gasteiger partial charge in [-0.2, -0.15) is 0 Å². The summed E-state index contributed by atoms with van der Waals surface area (Å²) in [6, 6.07) is 3.46. The van der Waals surface area contributed by atoms with Crippen molar-refractivity contribution >= 4 is 11.5 Å². The number of benzene rings is 1. The van der Waals surface area contributed by atoms with Gasteiger partial charge < -0.3 is 9.80 Å². The first-order valence-electron chi connectivity index (χ1n) is 9.24. The van der Waals surface area contributed by atoms with Crippen LogP contribution < -0.4 is 4.90 Å². The van der Waals surface area contributed by atoms with Crippen molar-refractivity contribution in [3.8, 4) is 0 Å². The van der Waals surface area contributed by atoms with Crippen molar-refractivity contribution in [3.63, 3.8) is 0 Å². The molecule has 0 aliphatic carbocycles. The second-order valence-corrected chi connectivity index (χ2v) is 7.14. The first-order chi connectivity index (χ1) is 12.9. The number of hydrogen-bond acceptors (Lipinski definition) is 3. The SMILES string of the molecule is C=CN1C(=NC(=C)C)C(N2CCN(C)CC2)=C=CCc2cc(C)c(F)cc21. The van der Waals surface area contributed by atoms with Crippen LogP contribution in [0.25, 0.3) is 0 Å². The molecule has 0 atom stereocenters. The molecule has 0 radical (unpaired) electrons. The van der Waals surface area contributed by atoms with Crippen molar-refractivity contribution in [2.45, 2.75) is 20.3 Å². The number of halogens is 1. The van der Waals surface area contributed by atoms with E-state index in [0.29, 0.717) is 23.5 Å². The van der Waals surface area contributed by atoms with Crippen molar-refractivity contribution in [1.29, 1.82) is 0 Å². The van der Waals surface area contributed by atoms with Crippen molar-refractivity contribution in [3.05, 3.63) is 71.6 Å². The smallest absolute Gasteiger partial charge is 0.169 e. The number of aliphatic imine (C=N–C) groups is 1. The van der Waals surface area contributed by atoms with Gasteiger partial charge in [-0.25, -0.2) is 9.38 Å². The molecular weight excluding hydrogens is 339 g/mol. The molecule has 1 aromatic rings. The molecule has 0 spiro atoms. The summed E-state index contributed by atoms with van der Waals surface area (Å²) < 4.78 is 14.4. The summed E-state index contributed by atoms with van der Waals surface area (Å²) in [5.74, 6) is 0.451. The minimum Gasteiger partial charge on any atom is -0.360 e. The van der Waals surface area contributed by atoms with Gasteiger partial charge in [0.05, 0.1) is 5.69 Å². The summed E-state index contributed by atoms with van der Waals surface area (Å²) in [5.41, 5.74) is 7.44. The maximum Gasteiger partial charge on any atom is 0.169 e. The Labute approximate surface area is 161 Å². The van der Waals surface area contributed by atoms with Crippen molar-refractivity contribution < 1.29 is 4.39 Å². The number of rotatable bonds is 3. The molecule has 27 heavy (non-hydrogen) atoms. The van der Waals surface area contributed by atoms with Gasteiger partial charge in [0.1, 0.15) is 11.5 Å². The Balaban J connectivity index is 2.15. The Morgan fingerprint density at radius 1 is 1.26 bits per heavy atom. The van der Waals surface area contributed by atoms with E-state index in [4.69, 9.17) is 4.99 Å². The van der Waals surface area contributed by atoms with E-state index in [0.717, 1.165) is 43.1 Å². The minimum absolute atomic E-state index is 0.232. The highest BCUT2D eigenvalue weighted by atomic mass is 19.1. The first kappa shape index (κ1) is 19.2. The van der Waals surface area contributed by atoms with Gasteiger partial charge >= 0.3 is 0 Å². The van der Waals surface area contributed by atoms with Crippen LogP contribution in [-0.4, -0.2) is 48.9 Å².